The molecule has 0 aliphatic carbocycles. The summed E-state index contributed by atoms with van der Waals surface area (Å²) in [6.45, 7) is 4.01. The Morgan fingerprint density at radius 1 is 1.64 bits per heavy atom. The third-order valence-corrected chi connectivity index (χ3v) is 1.53. The zero-order valence-corrected chi connectivity index (χ0v) is 7.69. The molecule has 11 heavy (non-hydrogen) atoms. The maximum Gasteiger partial charge on any atom is 0.105 e. The molecule has 0 aliphatic heterocycles. The summed E-state index contributed by atoms with van der Waals surface area (Å²) in [6, 6.07) is 0. The highest BCUT2D eigenvalue weighted by Crippen LogP contribution is 1.92. The van der Waals surface area contributed by atoms with E-state index < -0.39 is 0 Å². The second-order valence-electron chi connectivity index (χ2n) is 2.27. The van der Waals surface area contributed by atoms with E-state index in [1.54, 1.807) is 0 Å². The van der Waals surface area contributed by atoms with Crippen molar-refractivity contribution in [3.8, 4) is 0 Å². The van der Waals surface area contributed by atoms with Gasteiger partial charge < -0.3 is 9.88 Å². The zero-order chi connectivity index (χ0) is 7.40. The van der Waals surface area contributed by atoms with Crippen molar-refractivity contribution in [3.05, 3.63) is 18.2 Å². The zero-order valence-electron chi connectivity index (χ0n) is 6.87. The lowest BCUT2D eigenvalue weighted by Gasteiger charge is -2.02. The standard InChI is InChI=1S/C7H13N3.ClH/c1-7-9-4-6-10(7)5-3-8-2;/h4,6,8H,3,5H2,1-2H3;1H. The van der Waals surface area contributed by atoms with Crippen molar-refractivity contribution in [1.82, 2.24) is 14.9 Å². The molecule has 0 fully saturated rings. The van der Waals surface area contributed by atoms with Crippen molar-refractivity contribution in [2.24, 2.45) is 0 Å². The van der Waals surface area contributed by atoms with Gasteiger partial charge in [0.1, 0.15) is 5.82 Å². The van der Waals surface area contributed by atoms with E-state index in [0.29, 0.717) is 0 Å². The first-order valence-corrected chi connectivity index (χ1v) is 3.47. The van der Waals surface area contributed by atoms with Crippen LogP contribution in [-0.4, -0.2) is 23.1 Å². The molecule has 1 heterocycles. The van der Waals surface area contributed by atoms with Gasteiger partial charge in [-0.25, -0.2) is 4.98 Å². The lowest BCUT2D eigenvalue weighted by Crippen LogP contribution is -2.15. The van der Waals surface area contributed by atoms with Gasteiger partial charge in [-0.2, -0.15) is 0 Å². The Balaban J connectivity index is 0.000001000. The Labute approximate surface area is 73.2 Å². The molecule has 0 radical (unpaired) electrons. The maximum absolute atomic E-state index is 4.10. The topological polar surface area (TPSA) is 29.9 Å². The molecule has 1 rings (SSSR count). The predicted molar refractivity (Wildman–Crippen MR) is 48.1 cm³/mol. The molecular weight excluding hydrogens is 162 g/mol. The molecule has 0 saturated heterocycles. The summed E-state index contributed by atoms with van der Waals surface area (Å²) in [5, 5.41) is 3.08. The number of aromatic nitrogens is 2. The van der Waals surface area contributed by atoms with Crippen LogP contribution in [0.25, 0.3) is 0 Å². The van der Waals surface area contributed by atoms with Crippen LogP contribution in [0.1, 0.15) is 5.82 Å². The van der Waals surface area contributed by atoms with Crippen LogP contribution in [0.15, 0.2) is 12.4 Å². The van der Waals surface area contributed by atoms with Crippen molar-refractivity contribution in [2.45, 2.75) is 13.5 Å². The van der Waals surface area contributed by atoms with Crippen molar-refractivity contribution >= 4 is 12.4 Å². The highest BCUT2D eigenvalue weighted by atomic mass is 35.5. The molecule has 1 aromatic rings. The third kappa shape index (κ3) is 2.91. The number of aryl methyl sites for hydroxylation is 1. The van der Waals surface area contributed by atoms with Crippen LogP contribution in [0, 0.1) is 6.92 Å². The number of hydrogen-bond donors (Lipinski definition) is 1. The Morgan fingerprint density at radius 3 is 2.82 bits per heavy atom. The highest BCUT2D eigenvalue weighted by molar-refractivity contribution is 5.85. The summed E-state index contributed by atoms with van der Waals surface area (Å²) in [6.07, 6.45) is 3.82. The smallest absolute Gasteiger partial charge is 0.105 e. The molecular formula is C7H14ClN3. The second kappa shape index (κ2) is 5.16. The van der Waals surface area contributed by atoms with Crippen molar-refractivity contribution in [1.29, 1.82) is 0 Å². The quantitative estimate of drug-likeness (QED) is 0.738. The van der Waals surface area contributed by atoms with Gasteiger partial charge in [-0.15, -0.1) is 12.4 Å². The molecule has 1 aromatic heterocycles. The van der Waals surface area contributed by atoms with Gasteiger partial charge in [0.25, 0.3) is 0 Å². The minimum Gasteiger partial charge on any atom is -0.334 e. The van der Waals surface area contributed by atoms with Crippen molar-refractivity contribution in [3.63, 3.8) is 0 Å². The van der Waals surface area contributed by atoms with E-state index in [1.165, 1.54) is 0 Å². The van der Waals surface area contributed by atoms with E-state index in [9.17, 15) is 0 Å². The third-order valence-electron chi connectivity index (χ3n) is 1.53. The number of hydrogen-bond acceptors (Lipinski definition) is 2. The van der Waals surface area contributed by atoms with E-state index in [2.05, 4.69) is 14.9 Å². The fourth-order valence-corrected chi connectivity index (χ4v) is 0.872. The first-order valence-electron chi connectivity index (χ1n) is 3.47. The van der Waals surface area contributed by atoms with Crippen LogP contribution in [0.2, 0.25) is 0 Å². The molecule has 0 saturated carbocycles. The average molecular weight is 176 g/mol. The molecule has 0 unspecified atom stereocenters. The molecule has 4 heteroatoms. The van der Waals surface area contributed by atoms with Gasteiger partial charge in [0.2, 0.25) is 0 Å². The van der Waals surface area contributed by atoms with E-state index in [-0.39, 0.29) is 12.4 Å². The monoisotopic (exact) mass is 175 g/mol. The van der Waals surface area contributed by atoms with Crippen molar-refractivity contribution < 1.29 is 0 Å². The van der Waals surface area contributed by atoms with Crippen LogP contribution in [0.3, 0.4) is 0 Å². The predicted octanol–water partition coefficient (Wildman–Crippen LogP) is 0.833. The van der Waals surface area contributed by atoms with Gasteiger partial charge in [0.05, 0.1) is 0 Å². The summed E-state index contributed by atoms with van der Waals surface area (Å²) in [5.74, 6) is 1.08. The fraction of sp³-hybridized carbons (Fsp3) is 0.571. The normalized spacial score (nSPS) is 9.27. The van der Waals surface area contributed by atoms with Crippen LogP contribution in [0.5, 0.6) is 0 Å². The summed E-state index contributed by atoms with van der Waals surface area (Å²) >= 11 is 0. The van der Waals surface area contributed by atoms with Gasteiger partial charge in [-0.05, 0) is 14.0 Å². The van der Waals surface area contributed by atoms with Gasteiger partial charge >= 0.3 is 0 Å². The summed E-state index contributed by atoms with van der Waals surface area (Å²) in [4.78, 5) is 4.10. The first kappa shape index (κ1) is 10.5. The number of imidazole rings is 1. The minimum absolute atomic E-state index is 0. The molecule has 1 N–H and O–H groups in total. The number of nitrogens with zero attached hydrogens (tertiary/aromatic N) is 2. The van der Waals surface area contributed by atoms with Gasteiger partial charge in [0.15, 0.2) is 0 Å². The second-order valence-corrected chi connectivity index (χ2v) is 2.27. The number of nitrogens with one attached hydrogen (secondary N) is 1. The molecule has 0 amide bonds. The largest absolute Gasteiger partial charge is 0.334 e. The van der Waals surface area contributed by atoms with E-state index in [4.69, 9.17) is 0 Å². The van der Waals surface area contributed by atoms with Gasteiger partial charge in [0, 0.05) is 25.5 Å². The molecule has 0 aromatic carbocycles. The fourth-order valence-electron chi connectivity index (χ4n) is 0.872. The number of halogens is 1. The van der Waals surface area contributed by atoms with Gasteiger partial charge in [-0.1, -0.05) is 0 Å². The molecule has 3 nitrogen and oxygen atoms in total. The van der Waals surface area contributed by atoms with Crippen molar-refractivity contribution in [2.75, 3.05) is 13.6 Å². The molecule has 0 aliphatic rings. The summed E-state index contributed by atoms with van der Waals surface area (Å²) in [5.41, 5.74) is 0. The summed E-state index contributed by atoms with van der Waals surface area (Å²) in [7, 11) is 1.95. The SMILES string of the molecule is CNCCn1ccnc1C.Cl. The van der Waals surface area contributed by atoms with Crippen LogP contribution in [-0.2, 0) is 6.54 Å². The minimum atomic E-state index is 0. The lowest BCUT2D eigenvalue weighted by atomic mass is 10.6. The number of rotatable bonds is 3. The maximum atomic E-state index is 4.10. The van der Waals surface area contributed by atoms with E-state index in [0.717, 1.165) is 18.9 Å². The molecule has 0 spiro atoms. The summed E-state index contributed by atoms with van der Waals surface area (Å²) < 4.78 is 2.12. The lowest BCUT2D eigenvalue weighted by molar-refractivity contribution is 0.629. The number of likely N-dealkylation sites (N-methyl/N-ethyl adjacent to an activating group) is 1. The van der Waals surface area contributed by atoms with Gasteiger partial charge in [-0.3, -0.25) is 0 Å². The van der Waals surface area contributed by atoms with Crippen LogP contribution in [0.4, 0.5) is 0 Å². The molecule has 0 bridgehead atoms. The highest BCUT2D eigenvalue weighted by Gasteiger charge is 1.92. The van der Waals surface area contributed by atoms with Crippen LogP contribution < -0.4 is 5.32 Å². The molecule has 0 atom stereocenters. The first-order chi connectivity index (χ1) is 4.84. The Kier molecular flexibility index (Phi) is 4.90. The Hall–Kier alpha value is -0.540. The van der Waals surface area contributed by atoms with E-state index >= 15 is 0 Å². The Morgan fingerprint density at radius 2 is 2.36 bits per heavy atom. The average Bonchev–Trinajstić information content (AvgIpc) is 2.31. The Bertz CT molecular complexity index is 197. The van der Waals surface area contributed by atoms with E-state index in [1.807, 2.05) is 26.4 Å². The molecule has 64 valence electrons. The van der Waals surface area contributed by atoms with Crippen LogP contribution >= 0.6 is 12.4 Å².